The summed E-state index contributed by atoms with van der Waals surface area (Å²) in [5.41, 5.74) is 2.28. The van der Waals surface area contributed by atoms with Crippen molar-refractivity contribution in [2.45, 2.75) is 5.03 Å². The Morgan fingerprint density at radius 3 is 2.43 bits per heavy atom. The SMILES string of the molecule is Cn1nccc1S(=O)(=O)Nc1ccc(-c2ccn[nH]2)cc1. The van der Waals surface area contributed by atoms with Gasteiger partial charge in [0.15, 0.2) is 5.03 Å². The van der Waals surface area contributed by atoms with Crippen LogP contribution in [0.1, 0.15) is 0 Å². The lowest BCUT2D eigenvalue weighted by molar-refractivity contribution is 0.582. The molecule has 0 radical (unpaired) electrons. The van der Waals surface area contributed by atoms with Crippen LogP contribution in [0.15, 0.2) is 53.8 Å². The van der Waals surface area contributed by atoms with Crippen molar-refractivity contribution in [1.29, 1.82) is 0 Å². The van der Waals surface area contributed by atoms with E-state index in [1.165, 1.54) is 16.9 Å². The van der Waals surface area contributed by atoms with Crippen LogP contribution < -0.4 is 4.72 Å². The first-order chi connectivity index (χ1) is 10.1. The number of nitrogens with zero attached hydrogens (tertiary/aromatic N) is 3. The maximum absolute atomic E-state index is 12.2. The molecule has 0 aliphatic heterocycles. The highest BCUT2D eigenvalue weighted by Crippen LogP contribution is 2.20. The molecule has 21 heavy (non-hydrogen) atoms. The number of benzene rings is 1. The fraction of sp³-hybridized carbons (Fsp3) is 0.0769. The maximum atomic E-state index is 12.2. The molecule has 108 valence electrons. The fourth-order valence-electron chi connectivity index (χ4n) is 1.97. The van der Waals surface area contributed by atoms with Gasteiger partial charge in [-0.15, -0.1) is 0 Å². The van der Waals surface area contributed by atoms with Gasteiger partial charge < -0.3 is 0 Å². The second-order valence-corrected chi connectivity index (χ2v) is 6.08. The van der Waals surface area contributed by atoms with Crippen molar-refractivity contribution in [3.05, 3.63) is 48.8 Å². The Morgan fingerprint density at radius 2 is 1.86 bits per heavy atom. The van der Waals surface area contributed by atoms with Gasteiger partial charge in [-0.05, 0) is 29.8 Å². The van der Waals surface area contributed by atoms with Gasteiger partial charge in [0.05, 0.1) is 11.9 Å². The third-order valence-corrected chi connectivity index (χ3v) is 4.46. The third-order valence-electron chi connectivity index (χ3n) is 3.00. The summed E-state index contributed by atoms with van der Waals surface area (Å²) >= 11 is 0. The van der Waals surface area contributed by atoms with E-state index in [2.05, 4.69) is 20.0 Å². The van der Waals surface area contributed by atoms with Crippen molar-refractivity contribution in [1.82, 2.24) is 20.0 Å². The van der Waals surface area contributed by atoms with E-state index in [4.69, 9.17) is 0 Å². The van der Waals surface area contributed by atoms with E-state index in [9.17, 15) is 8.42 Å². The highest BCUT2D eigenvalue weighted by Gasteiger charge is 2.17. The van der Waals surface area contributed by atoms with Crippen LogP contribution in [-0.4, -0.2) is 28.4 Å². The summed E-state index contributed by atoms with van der Waals surface area (Å²) in [7, 11) is -2.06. The fourth-order valence-corrected chi connectivity index (χ4v) is 3.15. The van der Waals surface area contributed by atoms with Gasteiger partial charge in [0, 0.05) is 18.9 Å². The molecular formula is C13H13N5O2S. The van der Waals surface area contributed by atoms with Crippen LogP contribution in [0.2, 0.25) is 0 Å². The maximum Gasteiger partial charge on any atom is 0.279 e. The van der Waals surface area contributed by atoms with E-state index >= 15 is 0 Å². The Hall–Kier alpha value is -2.61. The zero-order valence-electron chi connectivity index (χ0n) is 11.2. The van der Waals surface area contributed by atoms with E-state index < -0.39 is 10.0 Å². The van der Waals surface area contributed by atoms with Crippen LogP contribution in [0.5, 0.6) is 0 Å². The molecule has 0 spiro atoms. The molecule has 0 atom stereocenters. The highest BCUT2D eigenvalue weighted by molar-refractivity contribution is 7.92. The van der Waals surface area contributed by atoms with Gasteiger partial charge in [0.1, 0.15) is 0 Å². The van der Waals surface area contributed by atoms with Gasteiger partial charge >= 0.3 is 0 Å². The summed E-state index contributed by atoms with van der Waals surface area (Å²) in [4.78, 5) is 0. The number of aryl methyl sites for hydroxylation is 1. The Kier molecular flexibility index (Phi) is 3.22. The van der Waals surface area contributed by atoms with Crippen molar-refractivity contribution in [3.63, 3.8) is 0 Å². The van der Waals surface area contributed by atoms with Gasteiger partial charge in [-0.1, -0.05) is 12.1 Å². The van der Waals surface area contributed by atoms with Crippen molar-refractivity contribution in [2.24, 2.45) is 7.05 Å². The number of anilines is 1. The predicted octanol–water partition coefficient (Wildman–Crippen LogP) is 1.61. The normalized spacial score (nSPS) is 11.5. The van der Waals surface area contributed by atoms with Gasteiger partial charge in [-0.25, -0.2) is 0 Å². The minimum Gasteiger partial charge on any atom is -0.278 e. The number of hydrogen-bond donors (Lipinski definition) is 2. The van der Waals surface area contributed by atoms with Gasteiger partial charge in [0.2, 0.25) is 0 Å². The van der Waals surface area contributed by atoms with Crippen LogP contribution in [0.4, 0.5) is 5.69 Å². The number of aromatic nitrogens is 4. The van der Waals surface area contributed by atoms with E-state index in [1.807, 2.05) is 18.2 Å². The first-order valence-electron chi connectivity index (χ1n) is 6.17. The zero-order chi connectivity index (χ0) is 14.9. The van der Waals surface area contributed by atoms with Crippen LogP contribution in [-0.2, 0) is 17.1 Å². The molecule has 3 rings (SSSR count). The highest BCUT2D eigenvalue weighted by atomic mass is 32.2. The van der Waals surface area contributed by atoms with Crippen LogP contribution in [0.3, 0.4) is 0 Å². The molecule has 7 nitrogen and oxygen atoms in total. The molecule has 2 N–H and O–H groups in total. The number of H-pyrrole nitrogens is 1. The van der Waals surface area contributed by atoms with Crippen LogP contribution in [0, 0.1) is 0 Å². The number of rotatable bonds is 4. The smallest absolute Gasteiger partial charge is 0.278 e. The molecule has 0 saturated carbocycles. The minimum absolute atomic E-state index is 0.111. The lowest BCUT2D eigenvalue weighted by Crippen LogP contribution is -2.16. The largest absolute Gasteiger partial charge is 0.279 e. The Balaban J connectivity index is 1.84. The molecular weight excluding hydrogens is 290 g/mol. The summed E-state index contributed by atoms with van der Waals surface area (Å²) in [6.45, 7) is 0. The standard InChI is InChI=1S/C13H13N5O2S/c1-18-13(7-9-15-18)21(19,20)17-11-4-2-10(3-5-11)12-6-8-14-16-12/h2-9,17H,1H3,(H,14,16). The molecule has 2 heterocycles. The third kappa shape index (κ3) is 2.65. The molecule has 1 aromatic carbocycles. The number of nitrogens with one attached hydrogen (secondary N) is 2. The van der Waals surface area contributed by atoms with Gasteiger partial charge in [0.25, 0.3) is 10.0 Å². The molecule has 0 unspecified atom stereocenters. The predicted molar refractivity (Wildman–Crippen MR) is 78.0 cm³/mol. The monoisotopic (exact) mass is 303 g/mol. The average Bonchev–Trinajstić information content (AvgIpc) is 3.10. The Morgan fingerprint density at radius 1 is 1.10 bits per heavy atom. The Bertz CT molecular complexity index is 835. The minimum atomic E-state index is -3.64. The topological polar surface area (TPSA) is 92.7 Å². The van der Waals surface area contributed by atoms with Crippen LogP contribution >= 0.6 is 0 Å². The molecule has 0 amide bonds. The zero-order valence-corrected chi connectivity index (χ0v) is 12.0. The Labute approximate surface area is 121 Å². The molecule has 0 saturated heterocycles. The van der Waals surface area contributed by atoms with Crippen molar-refractivity contribution < 1.29 is 8.42 Å². The summed E-state index contributed by atoms with van der Waals surface area (Å²) < 4.78 is 28.2. The summed E-state index contributed by atoms with van der Waals surface area (Å²) in [5.74, 6) is 0. The summed E-state index contributed by atoms with van der Waals surface area (Å²) in [6, 6.07) is 10.3. The number of hydrogen-bond acceptors (Lipinski definition) is 4. The first-order valence-corrected chi connectivity index (χ1v) is 7.65. The van der Waals surface area contributed by atoms with Crippen molar-refractivity contribution >= 4 is 15.7 Å². The van der Waals surface area contributed by atoms with E-state index in [0.29, 0.717) is 5.69 Å². The van der Waals surface area contributed by atoms with Gasteiger partial charge in [-0.3, -0.25) is 14.5 Å². The number of aromatic amines is 1. The van der Waals surface area contributed by atoms with Crippen LogP contribution in [0.25, 0.3) is 11.3 Å². The molecule has 2 aromatic heterocycles. The average molecular weight is 303 g/mol. The molecule has 8 heteroatoms. The second-order valence-electron chi connectivity index (χ2n) is 4.45. The van der Waals surface area contributed by atoms with E-state index in [0.717, 1.165) is 11.3 Å². The quantitative estimate of drug-likeness (QED) is 0.766. The van der Waals surface area contributed by atoms with Crippen molar-refractivity contribution in [2.75, 3.05) is 4.72 Å². The van der Waals surface area contributed by atoms with Gasteiger partial charge in [-0.2, -0.15) is 18.6 Å². The number of sulfonamides is 1. The molecule has 0 aliphatic rings. The van der Waals surface area contributed by atoms with Crippen molar-refractivity contribution in [3.8, 4) is 11.3 Å². The summed E-state index contributed by atoms with van der Waals surface area (Å²) in [6.07, 6.45) is 3.10. The second kappa shape index (κ2) is 5.06. The van der Waals surface area contributed by atoms with E-state index in [-0.39, 0.29) is 5.03 Å². The molecule has 0 fully saturated rings. The molecule has 3 aromatic rings. The first kappa shape index (κ1) is 13.4. The molecule has 0 aliphatic carbocycles. The molecule has 0 bridgehead atoms. The lowest BCUT2D eigenvalue weighted by atomic mass is 10.1. The summed E-state index contributed by atoms with van der Waals surface area (Å²) in [5, 5.41) is 10.7. The van der Waals surface area contributed by atoms with E-state index in [1.54, 1.807) is 25.4 Å². The lowest BCUT2D eigenvalue weighted by Gasteiger charge is -2.08.